The molecule has 0 fully saturated rings. The van der Waals surface area contributed by atoms with E-state index in [2.05, 4.69) is 69.4 Å². The van der Waals surface area contributed by atoms with Crippen LogP contribution in [-0.2, 0) is 42.2 Å². The lowest BCUT2D eigenvalue weighted by Gasteiger charge is -2.21. The molecular weight excluding hydrogens is 952 g/mol. The van der Waals surface area contributed by atoms with Crippen LogP contribution < -0.4 is 0 Å². The smallest absolute Gasteiger partial charge is 0.462 e. The van der Waals surface area contributed by atoms with Gasteiger partial charge in [-0.1, -0.05) is 236 Å². The number of hydrogen-bond donors (Lipinski definition) is 2. The molecule has 0 saturated heterocycles. The van der Waals surface area contributed by atoms with Gasteiger partial charge in [-0.2, -0.15) is 0 Å². The molecule has 3 atom stereocenters. The minimum atomic E-state index is -4.75. The molecule has 0 aromatic rings. The minimum absolute atomic E-state index is 0.155. The summed E-state index contributed by atoms with van der Waals surface area (Å²) in [6.07, 6.45) is 60.7. The van der Waals surface area contributed by atoms with E-state index < -0.39 is 57.8 Å². The molecule has 0 bridgehead atoms. The summed E-state index contributed by atoms with van der Waals surface area (Å²) in [5.41, 5.74) is 0. The van der Waals surface area contributed by atoms with Crippen LogP contribution in [0.1, 0.15) is 290 Å². The zero-order valence-electron chi connectivity index (χ0n) is 47.8. The van der Waals surface area contributed by atoms with Crippen molar-refractivity contribution in [3.8, 4) is 0 Å². The second kappa shape index (κ2) is 56.6. The number of allylic oxidation sites excluding steroid dienone is 8. The van der Waals surface area contributed by atoms with Crippen molar-refractivity contribution in [1.82, 2.24) is 0 Å². The first-order chi connectivity index (χ1) is 36.2. The Morgan fingerprint density at radius 2 is 0.662 bits per heavy atom. The van der Waals surface area contributed by atoms with Gasteiger partial charge in [0, 0.05) is 19.3 Å². The number of phosphoric acid groups is 1. The summed E-state index contributed by atoms with van der Waals surface area (Å²) in [7, 11) is -4.75. The second-order valence-electron chi connectivity index (χ2n) is 20.5. The molecule has 12 heteroatoms. The third-order valence-electron chi connectivity index (χ3n) is 13.2. The van der Waals surface area contributed by atoms with Gasteiger partial charge in [-0.3, -0.25) is 23.4 Å². The van der Waals surface area contributed by atoms with E-state index in [1.165, 1.54) is 141 Å². The van der Waals surface area contributed by atoms with Gasteiger partial charge in [-0.25, -0.2) is 4.57 Å². The molecule has 2 N–H and O–H groups in total. The van der Waals surface area contributed by atoms with E-state index in [-0.39, 0.29) is 25.9 Å². The number of phosphoric ester groups is 1. The van der Waals surface area contributed by atoms with Crippen molar-refractivity contribution >= 4 is 25.7 Å². The zero-order valence-corrected chi connectivity index (χ0v) is 48.7. The number of hydrogen-bond acceptors (Lipinski definition) is 10. The van der Waals surface area contributed by atoms with E-state index in [1.54, 1.807) is 0 Å². The summed E-state index contributed by atoms with van der Waals surface area (Å²) in [5, 5.41) is 9.83. The first-order valence-corrected chi connectivity index (χ1v) is 32.0. The minimum Gasteiger partial charge on any atom is -0.462 e. The largest absolute Gasteiger partial charge is 0.472 e. The summed E-state index contributed by atoms with van der Waals surface area (Å²) < 4.78 is 39.5. The van der Waals surface area contributed by atoms with Crippen molar-refractivity contribution < 1.29 is 52.2 Å². The Morgan fingerprint density at radius 3 is 1.05 bits per heavy atom. The van der Waals surface area contributed by atoms with Gasteiger partial charge in [0.25, 0.3) is 0 Å². The van der Waals surface area contributed by atoms with Crippen molar-refractivity contribution in [3.05, 3.63) is 48.6 Å². The van der Waals surface area contributed by atoms with Gasteiger partial charge in [0.05, 0.1) is 19.8 Å². The molecular formula is C62H113O11P. The van der Waals surface area contributed by atoms with E-state index in [4.69, 9.17) is 23.3 Å². The average molecular weight is 1070 g/mol. The summed E-state index contributed by atoms with van der Waals surface area (Å²) in [4.78, 5) is 48.5. The van der Waals surface area contributed by atoms with Gasteiger partial charge >= 0.3 is 25.7 Å². The number of carbonyl (C=O) groups excluding carboxylic acids is 3. The number of carbonyl (C=O) groups is 3. The highest BCUT2D eigenvalue weighted by Crippen LogP contribution is 2.43. The molecule has 0 radical (unpaired) electrons. The number of rotatable bonds is 57. The standard InChI is InChI=1S/C62H113O11P/c1-4-7-10-13-16-19-21-23-25-27-29-31-33-35-37-40-43-46-49-52-61(65)72-58(54-63)56-70-74(67,68)71-57-59(55-69-60(64)51-48-45-42-39-18-15-12-9-6-3)73-62(66)53-50-47-44-41-38-36-34-32-30-28-26-24-22-20-17-14-11-8-5-2/h17,20,23-26,30,32,58-59,63H,4-16,18-19,21-22,27-29,31,33-57H2,1-3H3,(H,67,68)/b20-17-,25-23-,26-24-,32-30-. The van der Waals surface area contributed by atoms with Gasteiger partial charge in [0.15, 0.2) is 6.10 Å². The maximum Gasteiger partial charge on any atom is 0.472 e. The maximum absolute atomic E-state index is 12.9. The van der Waals surface area contributed by atoms with Crippen LogP contribution in [0.3, 0.4) is 0 Å². The van der Waals surface area contributed by atoms with E-state index in [0.29, 0.717) is 19.3 Å². The van der Waals surface area contributed by atoms with Gasteiger partial charge in [-0.05, 0) is 83.5 Å². The van der Waals surface area contributed by atoms with Crippen LogP contribution in [0.2, 0.25) is 0 Å². The highest BCUT2D eigenvalue weighted by atomic mass is 31.2. The molecule has 432 valence electrons. The van der Waals surface area contributed by atoms with Gasteiger partial charge in [0.1, 0.15) is 12.7 Å². The molecule has 0 heterocycles. The Balaban J connectivity index is 4.58. The molecule has 0 aliphatic rings. The molecule has 0 rings (SSSR count). The Morgan fingerprint density at radius 1 is 0.378 bits per heavy atom. The highest BCUT2D eigenvalue weighted by Gasteiger charge is 2.28. The fourth-order valence-electron chi connectivity index (χ4n) is 8.54. The van der Waals surface area contributed by atoms with Crippen molar-refractivity contribution in [2.24, 2.45) is 0 Å². The molecule has 3 unspecified atom stereocenters. The van der Waals surface area contributed by atoms with E-state index in [1.807, 2.05) is 0 Å². The Labute approximate surface area is 453 Å². The molecule has 74 heavy (non-hydrogen) atoms. The lowest BCUT2D eigenvalue weighted by molar-refractivity contribution is -0.161. The third kappa shape index (κ3) is 54.2. The number of aliphatic hydroxyl groups excluding tert-OH is 1. The molecule has 0 aromatic heterocycles. The SMILES string of the molecule is CCCCC/C=C\C/C=C\C/C=C\CCCCCCCCC(=O)OC(COC(=O)CCCCCCCCCCC)COP(=O)(O)OCC(CO)OC(=O)CCCCCCCCCCC/C=C\CCCCCCCC. The normalized spacial score (nSPS) is 13.6. The van der Waals surface area contributed by atoms with Crippen LogP contribution in [0.4, 0.5) is 0 Å². The molecule has 11 nitrogen and oxygen atoms in total. The van der Waals surface area contributed by atoms with E-state index in [0.717, 1.165) is 89.9 Å². The Kier molecular flexibility index (Phi) is 54.7. The van der Waals surface area contributed by atoms with Gasteiger partial charge in [0.2, 0.25) is 0 Å². The molecule has 0 spiro atoms. The van der Waals surface area contributed by atoms with E-state index in [9.17, 15) is 28.9 Å². The summed E-state index contributed by atoms with van der Waals surface area (Å²) in [6.45, 7) is 4.61. The maximum atomic E-state index is 12.9. The monoisotopic (exact) mass is 1060 g/mol. The first-order valence-electron chi connectivity index (χ1n) is 30.5. The van der Waals surface area contributed by atoms with Crippen LogP contribution in [0.5, 0.6) is 0 Å². The summed E-state index contributed by atoms with van der Waals surface area (Å²) in [5.74, 6) is -1.47. The predicted octanol–water partition coefficient (Wildman–Crippen LogP) is 18.1. The first kappa shape index (κ1) is 71.4. The van der Waals surface area contributed by atoms with Crippen LogP contribution in [0.15, 0.2) is 48.6 Å². The second-order valence-corrected chi connectivity index (χ2v) is 22.0. The van der Waals surface area contributed by atoms with Crippen LogP contribution in [-0.4, -0.2) is 66.5 Å². The molecule has 0 aromatic carbocycles. The quantitative estimate of drug-likeness (QED) is 0.0197. The average Bonchev–Trinajstić information content (AvgIpc) is 3.39. The van der Waals surface area contributed by atoms with Gasteiger partial charge < -0.3 is 24.2 Å². The Bertz CT molecular complexity index is 1430. The van der Waals surface area contributed by atoms with Crippen molar-refractivity contribution in [2.45, 2.75) is 303 Å². The van der Waals surface area contributed by atoms with Crippen LogP contribution in [0, 0.1) is 0 Å². The summed E-state index contributed by atoms with van der Waals surface area (Å²) in [6, 6.07) is 0. The third-order valence-corrected chi connectivity index (χ3v) is 14.2. The van der Waals surface area contributed by atoms with Gasteiger partial charge in [-0.15, -0.1) is 0 Å². The number of ether oxygens (including phenoxy) is 3. The van der Waals surface area contributed by atoms with Crippen molar-refractivity contribution in [3.63, 3.8) is 0 Å². The number of aliphatic hydroxyl groups is 1. The molecule has 0 amide bonds. The van der Waals surface area contributed by atoms with Crippen LogP contribution in [0.25, 0.3) is 0 Å². The van der Waals surface area contributed by atoms with Crippen molar-refractivity contribution in [1.29, 1.82) is 0 Å². The lowest BCUT2D eigenvalue weighted by Crippen LogP contribution is -2.30. The summed E-state index contributed by atoms with van der Waals surface area (Å²) >= 11 is 0. The zero-order chi connectivity index (χ0) is 54.1. The fraction of sp³-hybridized carbons (Fsp3) is 0.823. The Hall–Kier alpha value is -2.56. The van der Waals surface area contributed by atoms with E-state index >= 15 is 0 Å². The van der Waals surface area contributed by atoms with Crippen LogP contribution >= 0.6 is 7.82 Å². The number of unbranched alkanes of at least 4 members (excludes halogenated alkanes) is 32. The lowest BCUT2D eigenvalue weighted by atomic mass is 10.1. The highest BCUT2D eigenvalue weighted by molar-refractivity contribution is 7.47. The van der Waals surface area contributed by atoms with Crippen molar-refractivity contribution in [2.75, 3.05) is 26.4 Å². The molecule has 0 aliphatic heterocycles. The molecule has 0 aliphatic carbocycles. The fourth-order valence-corrected chi connectivity index (χ4v) is 9.32. The topological polar surface area (TPSA) is 155 Å². The number of esters is 3. The molecule has 0 saturated carbocycles. The predicted molar refractivity (Wildman–Crippen MR) is 307 cm³/mol.